The minimum Gasteiger partial charge on any atom is -0.496 e. The Morgan fingerprint density at radius 1 is 1.37 bits per heavy atom. The van der Waals surface area contributed by atoms with Gasteiger partial charge < -0.3 is 15.8 Å². The molecule has 0 aliphatic carbocycles. The minimum absolute atomic E-state index is 0.0968. The first kappa shape index (κ1) is 13.6. The summed E-state index contributed by atoms with van der Waals surface area (Å²) in [6.07, 6.45) is 0. The lowest BCUT2D eigenvalue weighted by molar-refractivity contribution is -0.114. The van der Waals surface area contributed by atoms with Crippen LogP contribution in [-0.2, 0) is 11.3 Å². The second kappa shape index (κ2) is 5.86. The average Bonchev–Trinajstić information content (AvgIpc) is 2.86. The van der Waals surface area contributed by atoms with Gasteiger partial charge in [-0.15, -0.1) is 0 Å². The Balaban J connectivity index is 2.50. The Morgan fingerprint density at radius 2 is 2.16 bits per heavy atom. The van der Waals surface area contributed by atoms with Crippen LogP contribution in [-0.4, -0.2) is 13.0 Å². The third-order valence-electron chi connectivity index (χ3n) is 2.77. The number of anilines is 1. The lowest BCUT2D eigenvalue weighted by atomic mass is 10.0. The Kier molecular flexibility index (Phi) is 4.19. The van der Waals surface area contributed by atoms with E-state index in [1.165, 1.54) is 6.92 Å². The number of ether oxygens (including phenoxy) is 1. The molecule has 100 valence electrons. The molecule has 0 saturated carbocycles. The number of nitrogens with two attached hydrogens (primary N) is 1. The van der Waals surface area contributed by atoms with E-state index in [9.17, 15) is 4.79 Å². The van der Waals surface area contributed by atoms with Gasteiger partial charge in [-0.25, -0.2) is 0 Å². The van der Waals surface area contributed by atoms with Crippen LogP contribution < -0.4 is 15.8 Å². The van der Waals surface area contributed by atoms with E-state index in [1.54, 1.807) is 18.4 Å². The lowest BCUT2D eigenvalue weighted by Gasteiger charge is -2.11. The highest BCUT2D eigenvalue weighted by Crippen LogP contribution is 2.36. The first-order valence-electron chi connectivity index (χ1n) is 5.87. The first-order chi connectivity index (χ1) is 9.15. The van der Waals surface area contributed by atoms with Gasteiger partial charge in [-0.1, -0.05) is 0 Å². The molecule has 0 spiro atoms. The van der Waals surface area contributed by atoms with Gasteiger partial charge in [0.1, 0.15) is 5.75 Å². The van der Waals surface area contributed by atoms with Gasteiger partial charge in [0.2, 0.25) is 5.91 Å². The Bertz CT molecular complexity index is 593. The van der Waals surface area contributed by atoms with Crippen molar-refractivity contribution in [2.75, 3.05) is 12.4 Å². The van der Waals surface area contributed by atoms with E-state index in [0.29, 0.717) is 6.54 Å². The third-order valence-corrected chi connectivity index (χ3v) is 3.56. The molecule has 0 aliphatic rings. The molecule has 1 aromatic heterocycles. The molecule has 0 fully saturated rings. The van der Waals surface area contributed by atoms with Gasteiger partial charge in [-0.2, -0.15) is 11.3 Å². The molecule has 5 heteroatoms. The Hall–Kier alpha value is -1.85. The summed E-state index contributed by atoms with van der Waals surface area (Å²) < 4.78 is 5.38. The number of nitrogens with one attached hydrogen (secondary N) is 1. The summed E-state index contributed by atoms with van der Waals surface area (Å²) in [6, 6.07) is 5.57. The zero-order chi connectivity index (χ0) is 13.8. The Morgan fingerprint density at radius 3 is 2.79 bits per heavy atom. The highest BCUT2D eigenvalue weighted by atomic mass is 32.1. The summed E-state index contributed by atoms with van der Waals surface area (Å²) in [5.41, 5.74) is 9.55. The summed E-state index contributed by atoms with van der Waals surface area (Å²) in [5.74, 6) is 0.669. The largest absolute Gasteiger partial charge is 0.496 e. The lowest BCUT2D eigenvalue weighted by Crippen LogP contribution is -2.06. The molecule has 0 atom stereocenters. The van der Waals surface area contributed by atoms with Crippen molar-refractivity contribution in [3.8, 4) is 16.9 Å². The molecule has 3 N–H and O–H groups in total. The zero-order valence-corrected chi connectivity index (χ0v) is 11.7. The van der Waals surface area contributed by atoms with E-state index in [-0.39, 0.29) is 5.91 Å². The monoisotopic (exact) mass is 276 g/mol. The molecule has 0 radical (unpaired) electrons. The molecule has 1 aromatic carbocycles. The fourth-order valence-electron chi connectivity index (χ4n) is 1.92. The van der Waals surface area contributed by atoms with Gasteiger partial charge in [-0.3, -0.25) is 4.79 Å². The van der Waals surface area contributed by atoms with Crippen molar-refractivity contribution in [3.63, 3.8) is 0 Å². The molecular weight excluding hydrogens is 260 g/mol. The van der Waals surface area contributed by atoms with Crippen LogP contribution in [0.4, 0.5) is 5.69 Å². The summed E-state index contributed by atoms with van der Waals surface area (Å²) in [4.78, 5) is 11.1. The van der Waals surface area contributed by atoms with E-state index in [4.69, 9.17) is 10.5 Å². The molecule has 4 nitrogen and oxygen atoms in total. The van der Waals surface area contributed by atoms with Crippen molar-refractivity contribution in [2.45, 2.75) is 13.5 Å². The number of amides is 1. The maximum Gasteiger partial charge on any atom is 0.221 e. The van der Waals surface area contributed by atoms with Crippen LogP contribution in [0.5, 0.6) is 5.75 Å². The van der Waals surface area contributed by atoms with Gasteiger partial charge in [-0.05, 0) is 34.5 Å². The summed E-state index contributed by atoms with van der Waals surface area (Å²) in [7, 11) is 1.63. The van der Waals surface area contributed by atoms with Crippen LogP contribution in [0.25, 0.3) is 11.1 Å². The molecule has 0 aliphatic heterocycles. The Labute approximate surface area is 116 Å². The molecule has 0 saturated heterocycles. The number of benzene rings is 1. The minimum atomic E-state index is -0.0968. The van der Waals surface area contributed by atoms with Crippen LogP contribution in [0.2, 0.25) is 0 Å². The van der Waals surface area contributed by atoms with Crippen molar-refractivity contribution >= 4 is 22.9 Å². The van der Waals surface area contributed by atoms with E-state index in [2.05, 4.69) is 5.32 Å². The van der Waals surface area contributed by atoms with Crippen LogP contribution in [0.3, 0.4) is 0 Å². The number of hydrogen-bond donors (Lipinski definition) is 2. The van der Waals surface area contributed by atoms with Crippen LogP contribution >= 0.6 is 11.3 Å². The predicted molar refractivity (Wildman–Crippen MR) is 78.5 cm³/mol. The normalized spacial score (nSPS) is 10.3. The first-order valence-corrected chi connectivity index (χ1v) is 6.81. The van der Waals surface area contributed by atoms with Gasteiger partial charge in [0.15, 0.2) is 0 Å². The van der Waals surface area contributed by atoms with Gasteiger partial charge in [0.25, 0.3) is 0 Å². The zero-order valence-electron chi connectivity index (χ0n) is 10.9. The highest BCUT2D eigenvalue weighted by molar-refractivity contribution is 7.08. The molecule has 0 bridgehead atoms. The number of carbonyl (C=O) groups excluding carboxylic acids is 1. The number of rotatable bonds is 4. The number of methoxy groups -OCH3 is 1. The standard InChI is InChI=1S/C14H16N2O2S/c1-9(17)16-11-3-4-14(18-2)12(5-11)13-8-19-7-10(13)6-15/h3-5,7-8H,6,15H2,1-2H3,(H,16,17). The summed E-state index contributed by atoms with van der Waals surface area (Å²) >= 11 is 1.60. The second-order valence-corrected chi connectivity index (χ2v) is 4.85. The molecule has 19 heavy (non-hydrogen) atoms. The molecular formula is C14H16N2O2S. The van der Waals surface area contributed by atoms with E-state index < -0.39 is 0 Å². The number of thiophene rings is 1. The van der Waals surface area contributed by atoms with Gasteiger partial charge in [0.05, 0.1) is 7.11 Å². The topological polar surface area (TPSA) is 64.3 Å². The van der Waals surface area contributed by atoms with Crippen molar-refractivity contribution in [1.29, 1.82) is 0 Å². The maximum atomic E-state index is 11.1. The average molecular weight is 276 g/mol. The number of carbonyl (C=O) groups is 1. The van der Waals surface area contributed by atoms with Crippen molar-refractivity contribution in [1.82, 2.24) is 0 Å². The smallest absolute Gasteiger partial charge is 0.221 e. The SMILES string of the molecule is COc1ccc(NC(C)=O)cc1-c1cscc1CN. The van der Waals surface area contributed by atoms with Crippen molar-refractivity contribution in [2.24, 2.45) is 5.73 Å². The van der Waals surface area contributed by atoms with Crippen molar-refractivity contribution < 1.29 is 9.53 Å². The third kappa shape index (κ3) is 2.94. The van der Waals surface area contributed by atoms with Crippen LogP contribution in [0.1, 0.15) is 12.5 Å². The molecule has 1 heterocycles. The van der Waals surface area contributed by atoms with Crippen molar-refractivity contribution in [3.05, 3.63) is 34.5 Å². The molecule has 2 aromatic rings. The van der Waals surface area contributed by atoms with E-state index in [0.717, 1.165) is 28.1 Å². The fraction of sp³-hybridized carbons (Fsp3) is 0.214. The second-order valence-electron chi connectivity index (χ2n) is 4.11. The maximum absolute atomic E-state index is 11.1. The number of hydrogen-bond acceptors (Lipinski definition) is 4. The van der Waals surface area contributed by atoms with Crippen LogP contribution in [0.15, 0.2) is 29.0 Å². The quantitative estimate of drug-likeness (QED) is 0.902. The van der Waals surface area contributed by atoms with Gasteiger partial charge in [0, 0.05) is 30.3 Å². The van der Waals surface area contributed by atoms with E-state index >= 15 is 0 Å². The summed E-state index contributed by atoms with van der Waals surface area (Å²) in [5, 5.41) is 6.84. The highest BCUT2D eigenvalue weighted by Gasteiger charge is 2.12. The molecule has 2 rings (SSSR count). The van der Waals surface area contributed by atoms with E-state index in [1.807, 2.05) is 29.0 Å². The van der Waals surface area contributed by atoms with Gasteiger partial charge >= 0.3 is 0 Å². The molecule has 0 unspecified atom stereocenters. The fourth-order valence-corrected chi connectivity index (χ4v) is 2.79. The molecule has 1 amide bonds. The predicted octanol–water partition coefficient (Wildman–Crippen LogP) is 2.84. The summed E-state index contributed by atoms with van der Waals surface area (Å²) in [6.45, 7) is 1.96. The van der Waals surface area contributed by atoms with Crippen LogP contribution in [0, 0.1) is 0 Å².